The van der Waals surface area contributed by atoms with Gasteiger partial charge in [0.05, 0.1) is 5.56 Å². The van der Waals surface area contributed by atoms with Gasteiger partial charge in [0.25, 0.3) is 5.91 Å². The van der Waals surface area contributed by atoms with Crippen LogP contribution in [0.5, 0.6) is 0 Å². The number of aliphatic imine (C=N–C) groups is 1. The largest absolute Gasteiger partial charge is 0.416 e. The minimum atomic E-state index is -4.41. The second kappa shape index (κ2) is 13.0. The number of alkyl halides is 3. The van der Waals surface area contributed by atoms with E-state index in [0.717, 1.165) is 44.6 Å². The van der Waals surface area contributed by atoms with Crippen molar-refractivity contribution in [2.45, 2.75) is 38.4 Å². The van der Waals surface area contributed by atoms with Crippen molar-refractivity contribution in [3.63, 3.8) is 0 Å². The van der Waals surface area contributed by atoms with Crippen molar-refractivity contribution < 1.29 is 18.0 Å². The van der Waals surface area contributed by atoms with Gasteiger partial charge in [-0.3, -0.25) is 9.79 Å². The summed E-state index contributed by atoms with van der Waals surface area (Å²) in [6, 6.07) is 4.54. The predicted molar refractivity (Wildman–Crippen MR) is 123 cm³/mol. The molecular formula is C20H31F3IN5O. The van der Waals surface area contributed by atoms with Gasteiger partial charge in [0, 0.05) is 44.8 Å². The standard InChI is InChI=1S/C20H30F3N5O.HI/c1-3-12-28-13-8-17(9-14-28)27-19(24-2)26-11-10-25-18(29)15-4-6-16(7-5-15)20(21,22)23;/h4-7,17H,3,8-14H2,1-2H3,(H,25,29)(H2,24,26,27);1H. The molecule has 1 aliphatic heterocycles. The van der Waals surface area contributed by atoms with Crippen molar-refractivity contribution >= 4 is 35.8 Å². The van der Waals surface area contributed by atoms with Crippen LogP contribution in [0, 0.1) is 0 Å². The van der Waals surface area contributed by atoms with E-state index >= 15 is 0 Å². The Bertz CT molecular complexity index is 674. The number of carbonyl (C=O) groups is 1. The first-order chi connectivity index (χ1) is 13.8. The lowest BCUT2D eigenvalue weighted by Crippen LogP contribution is -2.49. The first-order valence-electron chi connectivity index (χ1n) is 9.98. The summed E-state index contributed by atoms with van der Waals surface area (Å²) in [5.41, 5.74) is -0.578. The number of piperidine rings is 1. The van der Waals surface area contributed by atoms with Crippen LogP contribution in [-0.4, -0.2) is 62.6 Å². The highest BCUT2D eigenvalue weighted by Gasteiger charge is 2.30. The third kappa shape index (κ3) is 8.66. The van der Waals surface area contributed by atoms with Gasteiger partial charge in [-0.15, -0.1) is 24.0 Å². The Balaban J connectivity index is 0.00000450. The molecule has 1 aromatic carbocycles. The van der Waals surface area contributed by atoms with E-state index in [1.165, 1.54) is 18.6 Å². The molecule has 170 valence electrons. The summed E-state index contributed by atoms with van der Waals surface area (Å²) >= 11 is 0. The average molecular weight is 541 g/mol. The van der Waals surface area contributed by atoms with Crippen molar-refractivity contribution in [2.24, 2.45) is 4.99 Å². The average Bonchev–Trinajstić information content (AvgIpc) is 2.71. The van der Waals surface area contributed by atoms with E-state index in [1.807, 2.05) is 0 Å². The lowest BCUT2D eigenvalue weighted by molar-refractivity contribution is -0.137. The van der Waals surface area contributed by atoms with Crippen molar-refractivity contribution in [3.8, 4) is 0 Å². The lowest BCUT2D eigenvalue weighted by Gasteiger charge is -2.32. The molecule has 0 aliphatic carbocycles. The second-order valence-corrected chi connectivity index (χ2v) is 7.09. The summed E-state index contributed by atoms with van der Waals surface area (Å²) < 4.78 is 37.7. The SMILES string of the molecule is CCCN1CCC(NC(=NC)NCCNC(=O)c2ccc(C(F)(F)F)cc2)CC1.I. The number of carbonyl (C=O) groups excluding carboxylic acids is 1. The fourth-order valence-electron chi connectivity index (χ4n) is 3.27. The molecule has 2 rings (SSSR count). The van der Waals surface area contributed by atoms with Crippen LogP contribution in [0.3, 0.4) is 0 Å². The first-order valence-corrected chi connectivity index (χ1v) is 9.98. The Kier molecular flexibility index (Phi) is 11.5. The number of halogens is 4. The molecule has 1 aliphatic rings. The molecule has 0 bridgehead atoms. The Morgan fingerprint density at radius 1 is 1.13 bits per heavy atom. The van der Waals surface area contributed by atoms with Crippen LogP contribution in [0.15, 0.2) is 29.3 Å². The maximum atomic E-state index is 12.6. The minimum Gasteiger partial charge on any atom is -0.355 e. The molecule has 1 amide bonds. The monoisotopic (exact) mass is 541 g/mol. The molecule has 1 fully saturated rings. The molecule has 30 heavy (non-hydrogen) atoms. The van der Waals surface area contributed by atoms with Crippen molar-refractivity contribution in [1.29, 1.82) is 0 Å². The van der Waals surface area contributed by atoms with Crippen LogP contribution in [0.4, 0.5) is 13.2 Å². The van der Waals surface area contributed by atoms with Gasteiger partial charge >= 0.3 is 6.18 Å². The molecule has 1 heterocycles. The first kappa shape index (κ1) is 26.5. The van der Waals surface area contributed by atoms with Crippen molar-refractivity contribution in [2.75, 3.05) is 39.8 Å². The van der Waals surface area contributed by atoms with E-state index < -0.39 is 17.6 Å². The third-order valence-corrected chi connectivity index (χ3v) is 4.87. The highest BCUT2D eigenvalue weighted by Crippen LogP contribution is 2.29. The molecule has 6 nitrogen and oxygen atoms in total. The zero-order chi connectivity index (χ0) is 21.3. The van der Waals surface area contributed by atoms with Gasteiger partial charge in [-0.05, 0) is 50.1 Å². The van der Waals surface area contributed by atoms with Gasteiger partial charge < -0.3 is 20.9 Å². The van der Waals surface area contributed by atoms with E-state index in [4.69, 9.17) is 0 Å². The van der Waals surface area contributed by atoms with Gasteiger partial charge in [0.1, 0.15) is 0 Å². The Morgan fingerprint density at radius 3 is 2.27 bits per heavy atom. The number of nitrogens with one attached hydrogen (secondary N) is 3. The summed E-state index contributed by atoms with van der Waals surface area (Å²) in [6.07, 6.45) is -1.12. The topological polar surface area (TPSA) is 68.8 Å². The van der Waals surface area contributed by atoms with Crippen LogP contribution in [0.1, 0.15) is 42.1 Å². The zero-order valence-corrected chi connectivity index (χ0v) is 19.7. The number of hydrogen-bond donors (Lipinski definition) is 3. The number of guanidine groups is 1. The zero-order valence-electron chi connectivity index (χ0n) is 17.4. The number of benzene rings is 1. The molecule has 0 aromatic heterocycles. The normalized spacial score (nSPS) is 16.0. The fourth-order valence-corrected chi connectivity index (χ4v) is 3.27. The van der Waals surface area contributed by atoms with Gasteiger partial charge in [-0.1, -0.05) is 6.92 Å². The highest BCUT2D eigenvalue weighted by molar-refractivity contribution is 14.0. The molecule has 1 saturated heterocycles. The van der Waals surface area contributed by atoms with Crippen molar-refractivity contribution in [3.05, 3.63) is 35.4 Å². The van der Waals surface area contributed by atoms with Gasteiger partial charge in [0.2, 0.25) is 0 Å². The summed E-state index contributed by atoms with van der Waals surface area (Å²) in [5, 5.41) is 9.24. The fraction of sp³-hybridized carbons (Fsp3) is 0.600. The molecule has 0 spiro atoms. The van der Waals surface area contributed by atoms with E-state index in [0.29, 0.717) is 25.1 Å². The highest BCUT2D eigenvalue weighted by atomic mass is 127. The summed E-state index contributed by atoms with van der Waals surface area (Å²) in [5.74, 6) is 0.273. The van der Waals surface area contributed by atoms with Gasteiger partial charge in [-0.2, -0.15) is 13.2 Å². The number of amides is 1. The minimum absolute atomic E-state index is 0. The maximum Gasteiger partial charge on any atom is 0.416 e. The molecule has 10 heteroatoms. The number of hydrogen-bond acceptors (Lipinski definition) is 3. The summed E-state index contributed by atoms with van der Waals surface area (Å²) in [7, 11) is 1.70. The molecule has 0 atom stereocenters. The Morgan fingerprint density at radius 2 is 1.73 bits per heavy atom. The number of rotatable bonds is 7. The van der Waals surface area contributed by atoms with Gasteiger partial charge in [0.15, 0.2) is 5.96 Å². The smallest absolute Gasteiger partial charge is 0.355 e. The Hall–Kier alpha value is -1.56. The molecular weight excluding hydrogens is 510 g/mol. The summed E-state index contributed by atoms with van der Waals surface area (Å²) in [4.78, 5) is 18.7. The molecule has 0 radical (unpaired) electrons. The van der Waals surface area contributed by atoms with Crippen LogP contribution in [0.25, 0.3) is 0 Å². The van der Waals surface area contributed by atoms with E-state index in [2.05, 4.69) is 32.8 Å². The predicted octanol–water partition coefficient (Wildman–Crippen LogP) is 3.09. The van der Waals surface area contributed by atoms with Crippen LogP contribution >= 0.6 is 24.0 Å². The summed E-state index contributed by atoms with van der Waals surface area (Å²) in [6.45, 7) is 6.26. The second-order valence-electron chi connectivity index (χ2n) is 7.09. The lowest BCUT2D eigenvalue weighted by atomic mass is 10.1. The third-order valence-electron chi connectivity index (χ3n) is 4.87. The van der Waals surface area contributed by atoms with Crippen LogP contribution in [0.2, 0.25) is 0 Å². The van der Waals surface area contributed by atoms with E-state index in [9.17, 15) is 18.0 Å². The molecule has 1 aromatic rings. The van der Waals surface area contributed by atoms with Crippen LogP contribution in [-0.2, 0) is 6.18 Å². The maximum absolute atomic E-state index is 12.6. The molecule has 0 unspecified atom stereocenters. The molecule has 0 saturated carbocycles. The Labute approximate surface area is 193 Å². The quantitative estimate of drug-likeness (QED) is 0.215. The van der Waals surface area contributed by atoms with E-state index in [-0.39, 0.29) is 29.5 Å². The van der Waals surface area contributed by atoms with Crippen molar-refractivity contribution in [1.82, 2.24) is 20.9 Å². The van der Waals surface area contributed by atoms with Crippen LogP contribution < -0.4 is 16.0 Å². The number of nitrogens with zero attached hydrogens (tertiary/aromatic N) is 2. The van der Waals surface area contributed by atoms with E-state index in [1.54, 1.807) is 7.05 Å². The van der Waals surface area contributed by atoms with Gasteiger partial charge in [-0.25, -0.2) is 0 Å². The number of likely N-dealkylation sites (tertiary alicyclic amines) is 1. The molecule has 3 N–H and O–H groups in total.